The Bertz CT molecular complexity index is 1160. The number of rotatable bonds is 12. The number of nitrogens with zero attached hydrogens (tertiary/aromatic N) is 3. The Balaban J connectivity index is 1.41. The first-order valence-corrected chi connectivity index (χ1v) is 11.9. The number of hydroxylamine groups is 2. The van der Waals surface area contributed by atoms with Crippen molar-refractivity contribution in [3.05, 3.63) is 73.1 Å². The van der Waals surface area contributed by atoms with Gasteiger partial charge in [0.2, 0.25) is 0 Å². The van der Waals surface area contributed by atoms with Crippen LogP contribution in [0.4, 0.5) is 4.79 Å². The van der Waals surface area contributed by atoms with E-state index in [2.05, 4.69) is 23.6 Å². The number of nitrogens with one attached hydrogen (secondary N) is 1. The van der Waals surface area contributed by atoms with Gasteiger partial charge in [-0.15, -0.1) is 5.06 Å². The number of amides is 3. The van der Waals surface area contributed by atoms with E-state index in [9.17, 15) is 14.4 Å². The second-order valence-electron chi connectivity index (χ2n) is 9.12. The van der Waals surface area contributed by atoms with Crippen molar-refractivity contribution in [2.75, 3.05) is 19.8 Å². The van der Waals surface area contributed by atoms with Crippen LogP contribution in [0, 0.1) is 0 Å². The minimum atomic E-state index is -0.570. The van der Waals surface area contributed by atoms with Gasteiger partial charge in [0.05, 0.1) is 17.3 Å². The molecule has 1 N–H and O–H groups in total. The summed E-state index contributed by atoms with van der Waals surface area (Å²) < 4.78 is 12.7. The van der Waals surface area contributed by atoms with E-state index in [1.165, 1.54) is 12.2 Å². The standard InChI is InChI=1S/C27H32N4O6/c1-6-22-23(7-2)25(33)31(24(22)32)36-16-15-35-21-11-9-19(10-12-21)20-17-29-30(18-20)14-8-13-28-26(34)37-27(3,4)5/h6-7,9-12,17-18H,1-2,8,13-16H2,3-5H3,(H,28,34). The molecule has 10 heteroatoms. The van der Waals surface area contributed by atoms with Gasteiger partial charge < -0.3 is 14.8 Å². The Kier molecular flexibility index (Phi) is 9.02. The maximum Gasteiger partial charge on any atom is 0.407 e. The molecule has 196 valence electrons. The molecule has 0 atom stereocenters. The minimum Gasteiger partial charge on any atom is -0.491 e. The van der Waals surface area contributed by atoms with Gasteiger partial charge in [0.1, 0.15) is 24.6 Å². The number of aryl methyl sites for hydroxylation is 1. The lowest BCUT2D eigenvalue weighted by Crippen LogP contribution is -2.33. The molecule has 10 nitrogen and oxygen atoms in total. The van der Waals surface area contributed by atoms with Gasteiger partial charge in [0.15, 0.2) is 0 Å². The number of hydrogen-bond acceptors (Lipinski definition) is 7. The molecule has 0 radical (unpaired) electrons. The third-order valence-corrected chi connectivity index (χ3v) is 5.15. The van der Waals surface area contributed by atoms with Crippen LogP contribution in [0.1, 0.15) is 27.2 Å². The number of carbonyl (C=O) groups is 3. The second kappa shape index (κ2) is 12.2. The zero-order valence-corrected chi connectivity index (χ0v) is 21.4. The second-order valence-corrected chi connectivity index (χ2v) is 9.12. The monoisotopic (exact) mass is 508 g/mol. The Labute approximate surface area is 216 Å². The Morgan fingerprint density at radius 2 is 1.68 bits per heavy atom. The van der Waals surface area contributed by atoms with Crippen LogP contribution in [-0.4, -0.2) is 58.1 Å². The third-order valence-electron chi connectivity index (χ3n) is 5.15. The highest BCUT2D eigenvalue weighted by Gasteiger charge is 2.36. The van der Waals surface area contributed by atoms with Gasteiger partial charge in [0.25, 0.3) is 11.8 Å². The first-order valence-electron chi connectivity index (χ1n) is 11.9. The summed E-state index contributed by atoms with van der Waals surface area (Å²) in [5.41, 5.74) is 1.72. The van der Waals surface area contributed by atoms with E-state index in [0.717, 1.165) is 11.1 Å². The van der Waals surface area contributed by atoms with Crippen molar-refractivity contribution in [1.82, 2.24) is 20.2 Å². The van der Waals surface area contributed by atoms with E-state index in [1.54, 1.807) is 6.20 Å². The van der Waals surface area contributed by atoms with E-state index in [1.807, 2.05) is 55.9 Å². The Morgan fingerprint density at radius 1 is 1.03 bits per heavy atom. The lowest BCUT2D eigenvalue weighted by atomic mass is 10.1. The maximum absolute atomic E-state index is 12.2. The van der Waals surface area contributed by atoms with Crippen LogP contribution in [0.5, 0.6) is 5.75 Å². The highest BCUT2D eigenvalue weighted by Crippen LogP contribution is 2.24. The molecule has 0 fully saturated rings. The van der Waals surface area contributed by atoms with Crippen molar-refractivity contribution in [1.29, 1.82) is 0 Å². The fourth-order valence-corrected chi connectivity index (χ4v) is 3.47. The molecular formula is C27H32N4O6. The van der Waals surface area contributed by atoms with Crippen molar-refractivity contribution in [3.63, 3.8) is 0 Å². The zero-order valence-electron chi connectivity index (χ0n) is 21.4. The van der Waals surface area contributed by atoms with Crippen molar-refractivity contribution in [2.24, 2.45) is 0 Å². The number of benzene rings is 1. The highest BCUT2D eigenvalue weighted by molar-refractivity contribution is 6.21. The molecule has 0 unspecified atom stereocenters. The predicted molar refractivity (Wildman–Crippen MR) is 137 cm³/mol. The Hall–Kier alpha value is -4.18. The molecule has 37 heavy (non-hydrogen) atoms. The van der Waals surface area contributed by atoms with E-state index in [0.29, 0.717) is 30.3 Å². The molecule has 0 saturated heterocycles. The fourth-order valence-electron chi connectivity index (χ4n) is 3.47. The quantitative estimate of drug-likeness (QED) is 0.343. The molecule has 1 aliphatic heterocycles. The first kappa shape index (κ1) is 27.4. The highest BCUT2D eigenvalue weighted by atomic mass is 16.7. The smallest absolute Gasteiger partial charge is 0.407 e. The summed E-state index contributed by atoms with van der Waals surface area (Å²) in [6.07, 6.45) is 6.62. The summed E-state index contributed by atoms with van der Waals surface area (Å²) in [4.78, 5) is 41.5. The normalized spacial score (nSPS) is 13.6. The van der Waals surface area contributed by atoms with Crippen molar-refractivity contribution in [2.45, 2.75) is 39.3 Å². The number of imide groups is 1. The van der Waals surface area contributed by atoms with Crippen LogP contribution < -0.4 is 10.1 Å². The number of hydrogen-bond donors (Lipinski definition) is 1. The van der Waals surface area contributed by atoms with Gasteiger partial charge in [0, 0.05) is 24.8 Å². The number of ether oxygens (including phenoxy) is 2. The van der Waals surface area contributed by atoms with E-state index >= 15 is 0 Å². The van der Waals surface area contributed by atoms with Crippen LogP contribution in [-0.2, 0) is 25.7 Å². The van der Waals surface area contributed by atoms with Gasteiger partial charge in [-0.2, -0.15) is 5.10 Å². The summed E-state index contributed by atoms with van der Waals surface area (Å²) >= 11 is 0. The van der Waals surface area contributed by atoms with Crippen molar-refractivity contribution >= 4 is 17.9 Å². The number of alkyl carbamates (subject to hydrolysis) is 1. The van der Waals surface area contributed by atoms with Gasteiger partial charge in [-0.3, -0.25) is 19.1 Å². The minimum absolute atomic E-state index is 0.00360. The van der Waals surface area contributed by atoms with Gasteiger partial charge in [-0.05, 0) is 44.9 Å². The predicted octanol–water partition coefficient (Wildman–Crippen LogP) is 3.81. The van der Waals surface area contributed by atoms with Crippen molar-refractivity contribution < 1.29 is 28.7 Å². The van der Waals surface area contributed by atoms with Crippen LogP contribution in [0.25, 0.3) is 11.1 Å². The summed E-state index contributed by atoms with van der Waals surface area (Å²) in [5.74, 6) is -0.526. The summed E-state index contributed by atoms with van der Waals surface area (Å²) in [6, 6.07) is 7.45. The van der Waals surface area contributed by atoms with Gasteiger partial charge in [-0.1, -0.05) is 37.4 Å². The van der Waals surface area contributed by atoms with Gasteiger partial charge in [-0.25, -0.2) is 4.79 Å². The first-order chi connectivity index (χ1) is 17.6. The molecular weight excluding hydrogens is 476 g/mol. The SMILES string of the molecule is C=CC1=C(C=C)C(=O)N(OCCOc2ccc(-c3cnn(CCCNC(=O)OC(C)(C)C)c3)cc2)C1=O. The molecule has 1 aromatic heterocycles. The Morgan fingerprint density at radius 3 is 2.27 bits per heavy atom. The van der Waals surface area contributed by atoms with E-state index in [4.69, 9.17) is 14.3 Å². The third kappa shape index (κ3) is 7.40. The molecule has 2 aromatic rings. The van der Waals surface area contributed by atoms with Crippen LogP contribution in [0.15, 0.2) is 73.1 Å². The maximum atomic E-state index is 12.2. The average Bonchev–Trinajstić information content (AvgIpc) is 3.41. The topological polar surface area (TPSA) is 112 Å². The van der Waals surface area contributed by atoms with E-state index < -0.39 is 23.5 Å². The number of aromatic nitrogens is 2. The van der Waals surface area contributed by atoms with Crippen molar-refractivity contribution in [3.8, 4) is 16.9 Å². The lowest BCUT2D eigenvalue weighted by molar-refractivity contribution is -0.187. The molecule has 0 saturated carbocycles. The molecule has 0 bridgehead atoms. The summed E-state index contributed by atoms with van der Waals surface area (Å²) in [5, 5.41) is 7.81. The fraction of sp³-hybridized carbons (Fsp3) is 0.333. The molecule has 0 aliphatic carbocycles. The van der Waals surface area contributed by atoms with Crippen LogP contribution in [0.2, 0.25) is 0 Å². The largest absolute Gasteiger partial charge is 0.491 e. The molecule has 3 rings (SSSR count). The molecule has 1 aromatic carbocycles. The molecule has 3 amide bonds. The lowest BCUT2D eigenvalue weighted by Gasteiger charge is -2.19. The van der Waals surface area contributed by atoms with Gasteiger partial charge >= 0.3 is 6.09 Å². The zero-order chi connectivity index (χ0) is 27.0. The summed E-state index contributed by atoms with van der Waals surface area (Å²) in [7, 11) is 0. The van der Waals surface area contributed by atoms with Crippen LogP contribution >= 0.6 is 0 Å². The van der Waals surface area contributed by atoms with E-state index in [-0.39, 0.29) is 24.4 Å². The number of carbonyl (C=O) groups excluding carboxylic acids is 3. The molecule has 2 heterocycles. The average molecular weight is 509 g/mol. The summed E-state index contributed by atoms with van der Waals surface area (Å²) in [6.45, 7) is 13.8. The van der Waals surface area contributed by atoms with Crippen LogP contribution in [0.3, 0.4) is 0 Å². The molecule has 0 spiro atoms. The molecule has 1 aliphatic rings.